The molecule has 0 aliphatic carbocycles. The summed E-state index contributed by atoms with van der Waals surface area (Å²) in [5, 5.41) is 18.2. The summed E-state index contributed by atoms with van der Waals surface area (Å²) in [5.41, 5.74) is 3.91. The first-order chi connectivity index (χ1) is 14.5. The standard InChI is InChI=1S/C26H29N3O/c1-5-7-25(14-19(3)6-2)29-24-11-8-21(9-12-24)10-13-26-16-22(15-20(4)30-26)23(17-27)18-28/h8-13,15-16,19H,5-7,14H2,1-4H3/b13-10+,29-25?. The Kier molecular flexibility index (Phi) is 8.85. The van der Waals surface area contributed by atoms with Gasteiger partial charge in [0, 0.05) is 11.3 Å². The van der Waals surface area contributed by atoms with Gasteiger partial charge in [-0.2, -0.15) is 10.5 Å². The molecule has 0 amide bonds. The van der Waals surface area contributed by atoms with E-state index in [1.165, 1.54) is 12.1 Å². The molecule has 1 heterocycles. The molecule has 1 atom stereocenters. The highest BCUT2D eigenvalue weighted by Crippen LogP contribution is 2.23. The number of rotatable bonds is 8. The number of nitriles is 2. The van der Waals surface area contributed by atoms with E-state index in [1.807, 2.05) is 48.6 Å². The van der Waals surface area contributed by atoms with E-state index in [0.29, 0.717) is 23.0 Å². The van der Waals surface area contributed by atoms with Crippen molar-refractivity contribution >= 4 is 17.5 Å². The molecule has 4 nitrogen and oxygen atoms in total. The minimum absolute atomic E-state index is 0.0750. The Bertz CT molecular complexity index is 961. The van der Waals surface area contributed by atoms with E-state index in [2.05, 4.69) is 20.8 Å². The number of aliphatic imine (C=N–C) groups is 1. The fraction of sp³-hybridized carbons (Fsp3) is 0.346. The summed E-state index contributed by atoms with van der Waals surface area (Å²) in [4.78, 5) is 4.87. The molecule has 0 bridgehead atoms. The van der Waals surface area contributed by atoms with Gasteiger partial charge in [0.05, 0.1) is 5.69 Å². The van der Waals surface area contributed by atoms with Crippen LogP contribution in [0, 0.1) is 28.6 Å². The smallest absolute Gasteiger partial charge is 0.137 e. The molecule has 1 aromatic carbocycles. The summed E-state index contributed by atoms with van der Waals surface area (Å²) < 4.78 is 5.69. The van der Waals surface area contributed by atoms with Crippen molar-refractivity contribution in [2.45, 2.75) is 53.4 Å². The second kappa shape index (κ2) is 11.6. The number of benzene rings is 1. The van der Waals surface area contributed by atoms with Crippen molar-refractivity contribution in [3.05, 3.63) is 70.7 Å². The first kappa shape index (κ1) is 22.9. The van der Waals surface area contributed by atoms with Crippen LogP contribution < -0.4 is 0 Å². The molecule has 1 aliphatic heterocycles. The van der Waals surface area contributed by atoms with Crippen molar-refractivity contribution < 1.29 is 4.74 Å². The molecule has 0 fully saturated rings. The zero-order valence-corrected chi connectivity index (χ0v) is 18.3. The lowest BCUT2D eigenvalue weighted by atomic mass is 9.99. The molecule has 1 unspecified atom stereocenters. The Morgan fingerprint density at radius 1 is 1.10 bits per heavy atom. The molecular formula is C26H29N3O. The molecule has 1 aliphatic rings. The third-order valence-corrected chi connectivity index (χ3v) is 4.89. The number of hydrogen-bond acceptors (Lipinski definition) is 4. The predicted octanol–water partition coefficient (Wildman–Crippen LogP) is 7.17. The van der Waals surface area contributed by atoms with E-state index < -0.39 is 0 Å². The Balaban J connectivity index is 2.16. The van der Waals surface area contributed by atoms with Gasteiger partial charge in [-0.25, -0.2) is 0 Å². The molecule has 30 heavy (non-hydrogen) atoms. The van der Waals surface area contributed by atoms with Gasteiger partial charge < -0.3 is 4.74 Å². The molecule has 0 N–H and O–H groups in total. The second-order valence-corrected chi connectivity index (χ2v) is 7.53. The van der Waals surface area contributed by atoms with Crippen LogP contribution in [0.3, 0.4) is 0 Å². The van der Waals surface area contributed by atoms with Gasteiger partial charge in [0.15, 0.2) is 0 Å². The van der Waals surface area contributed by atoms with Crippen LogP contribution in [0.15, 0.2) is 70.2 Å². The summed E-state index contributed by atoms with van der Waals surface area (Å²) in [7, 11) is 0. The minimum atomic E-state index is 0.0750. The van der Waals surface area contributed by atoms with Gasteiger partial charge in [-0.3, -0.25) is 4.99 Å². The maximum Gasteiger partial charge on any atom is 0.137 e. The minimum Gasteiger partial charge on any atom is -0.462 e. The Labute approximate surface area is 180 Å². The van der Waals surface area contributed by atoms with Crippen LogP contribution in [0.25, 0.3) is 6.08 Å². The van der Waals surface area contributed by atoms with Crippen molar-refractivity contribution in [1.82, 2.24) is 0 Å². The zero-order chi connectivity index (χ0) is 21.9. The first-order valence-corrected chi connectivity index (χ1v) is 10.5. The summed E-state index contributed by atoms with van der Waals surface area (Å²) in [6, 6.07) is 12.0. The van der Waals surface area contributed by atoms with Crippen molar-refractivity contribution in [3.8, 4) is 12.1 Å². The van der Waals surface area contributed by atoms with Crippen molar-refractivity contribution in [3.63, 3.8) is 0 Å². The topological polar surface area (TPSA) is 69.2 Å². The average molecular weight is 400 g/mol. The summed E-state index contributed by atoms with van der Waals surface area (Å²) >= 11 is 0. The molecule has 0 aromatic heterocycles. The van der Waals surface area contributed by atoms with E-state index in [4.69, 9.17) is 20.3 Å². The van der Waals surface area contributed by atoms with Crippen LogP contribution >= 0.6 is 0 Å². The molecular weight excluding hydrogens is 370 g/mol. The Hall–Kier alpha value is -3.37. The highest BCUT2D eigenvalue weighted by Gasteiger charge is 2.10. The Morgan fingerprint density at radius 3 is 2.40 bits per heavy atom. The lowest BCUT2D eigenvalue weighted by molar-refractivity contribution is 0.318. The van der Waals surface area contributed by atoms with Gasteiger partial charge in [-0.05, 0) is 61.6 Å². The van der Waals surface area contributed by atoms with E-state index in [-0.39, 0.29) is 5.57 Å². The number of nitrogens with zero attached hydrogens (tertiary/aromatic N) is 3. The highest BCUT2D eigenvalue weighted by molar-refractivity contribution is 5.87. The maximum absolute atomic E-state index is 9.08. The molecule has 0 saturated heterocycles. The van der Waals surface area contributed by atoms with Gasteiger partial charge in [0.2, 0.25) is 0 Å². The maximum atomic E-state index is 9.08. The second-order valence-electron chi connectivity index (χ2n) is 7.53. The molecule has 154 valence electrons. The van der Waals surface area contributed by atoms with Gasteiger partial charge in [0.1, 0.15) is 29.2 Å². The SMILES string of the molecule is CCCC(CC(C)CC)=Nc1ccc(/C=C/C2=CC(=C(C#N)C#N)C=C(C)O2)cc1. The van der Waals surface area contributed by atoms with Crippen LogP contribution in [-0.4, -0.2) is 5.71 Å². The van der Waals surface area contributed by atoms with Crippen LogP contribution in [0.2, 0.25) is 0 Å². The third-order valence-electron chi connectivity index (χ3n) is 4.89. The number of hydrogen-bond donors (Lipinski definition) is 0. The third kappa shape index (κ3) is 6.90. The number of allylic oxidation sites excluding steroid dienone is 6. The van der Waals surface area contributed by atoms with Gasteiger partial charge >= 0.3 is 0 Å². The average Bonchev–Trinajstić information content (AvgIpc) is 2.74. The molecule has 0 saturated carbocycles. The molecule has 2 rings (SSSR count). The summed E-state index contributed by atoms with van der Waals surface area (Å²) in [5.74, 6) is 1.89. The summed E-state index contributed by atoms with van der Waals surface area (Å²) in [6.45, 7) is 8.48. The molecule has 0 spiro atoms. The molecule has 4 heteroatoms. The van der Waals surface area contributed by atoms with E-state index >= 15 is 0 Å². The van der Waals surface area contributed by atoms with Crippen LogP contribution in [0.1, 0.15) is 58.9 Å². The van der Waals surface area contributed by atoms with Gasteiger partial charge in [0.25, 0.3) is 0 Å². The quantitative estimate of drug-likeness (QED) is 0.343. The zero-order valence-electron chi connectivity index (χ0n) is 18.3. The van der Waals surface area contributed by atoms with Crippen molar-refractivity contribution in [2.75, 3.05) is 0 Å². The van der Waals surface area contributed by atoms with E-state index in [1.54, 1.807) is 19.1 Å². The predicted molar refractivity (Wildman–Crippen MR) is 123 cm³/mol. The molecule has 0 radical (unpaired) electrons. The van der Waals surface area contributed by atoms with Gasteiger partial charge in [-0.15, -0.1) is 0 Å². The van der Waals surface area contributed by atoms with Crippen LogP contribution in [0.4, 0.5) is 5.69 Å². The van der Waals surface area contributed by atoms with Crippen LogP contribution in [0.5, 0.6) is 0 Å². The monoisotopic (exact) mass is 399 g/mol. The van der Waals surface area contributed by atoms with E-state index in [0.717, 1.165) is 30.5 Å². The first-order valence-electron chi connectivity index (χ1n) is 10.5. The number of ether oxygens (including phenoxy) is 1. The summed E-state index contributed by atoms with van der Waals surface area (Å²) in [6.07, 6.45) is 11.5. The largest absolute Gasteiger partial charge is 0.462 e. The lowest BCUT2D eigenvalue weighted by Gasteiger charge is -2.13. The van der Waals surface area contributed by atoms with Crippen molar-refractivity contribution in [2.24, 2.45) is 10.9 Å². The highest BCUT2D eigenvalue weighted by atomic mass is 16.5. The Morgan fingerprint density at radius 2 is 1.80 bits per heavy atom. The lowest BCUT2D eigenvalue weighted by Crippen LogP contribution is -2.04. The van der Waals surface area contributed by atoms with E-state index in [9.17, 15) is 0 Å². The fourth-order valence-corrected chi connectivity index (χ4v) is 3.10. The fourth-order valence-electron chi connectivity index (χ4n) is 3.10. The normalized spacial score (nSPS) is 15.0. The van der Waals surface area contributed by atoms with Gasteiger partial charge in [-0.1, -0.05) is 51.8 Å². The van der Waals surface area contributed by atoms with Crippen molar-refractivity contribution in [1.29, 1.82) is 10.5 Å². The molecule has 1 aromatic rings. The van der Waals surface area contributed by atoms with Crippen LogP contribution in [-0.2, 0) is 4.74 Å².